The third kappa shape index (κ3) is 4.40. The van der Waals surface area contributed by atoms with E-state index < -0.39 is 0 Å². The highest BCUT2D eigenvalue weighted by atomic mass is 32.1. The van der Waals surface area contributed by atoms with Crippen molar-refractivity contribution >= 4 is 27.2 Å². The van der Waals surface area contributed by atoms with E-state index in [9.17, 15) is 15.0 Å². The van der Waals surface area contributed by atoms with Crippen molar-refractivity contribution in [2.45, 2.75) is 20.1 Å². The Balaban J connectivity index is 1.75. The second-order valence-electron chi connectivity index (χ2n) is 7.03. The number of rotatable bonds is 7. The van der Waals surface area contributed by atoms with Gasteiger partial charge in [-0.05, 0) is 86.1 Å². The molecular weight excluding hydrogens is 412 g/mol. The van der Waals surface area contributed by atoms with Crippen LogP contribution in [0.1, 0.15) is 29.8 Å². The highest BCUT2D eigenvalue weighted by Crippen LogP contribution is 2.41. The van der Waals surface area contributed by atoms with Gasteiger partial charge in [-0.25, -0.2) is 0 Å². The van der Waals surface area contributed by atoms with Crippen molar-refractivity contribution < 1.29 is 24.5 Å². The second-order valence-corrected chi connectivity index (χ2v) is 8.08. The number of ether oxygens (including phenoxy) is 2. The summed E-state index contributed by atoms with van der Waals surface area (Å²) in [5, 5.41) is 20.3. The fourth-order valence-corrected chi connectivity index (χ4v) is 4.65. The van der Waals surface area contributed by atoms with Crippen LogP contribution in [-0.2, 0) is 4.74 Å². The molecule has 0 aliphatic rings. The molecule has 1 unspecified atom stereocenters. The van der Waals surface area contributed by atoms with E-state index in [4.69, 9.17) is 9.47 Å². The number of thiophene rings is 1. The first-order valence-corrected chi connectivity index (χ1v) is 10.8. The zero-order valence-corrected chi connectivity index (χ0v) is 18.0. The van der Waals surface area contributed by atoms with Crippen LogP contribution in [0.25, 0.3) is 20.5 Å². The van der Waals surface area contributed by atoms with Gasteiger partial charge >= 0.3 is 0 Å². The molecule has 0 saturated heterocycles. The van der Waals surface area contributed by atoms with Gasteiger partial charge in [0.05, 0.1) is 0 Å². The number of aromatic hydroxyl groups is 2. The standard InChI is InChI=1S/C25H22O5S/c1-3-29-15(2)30-20-11-6-16(7-12-20)24(28)23-21-13-10-19(27)14-22(21)31-25(23)17-4-8-18(26)9-5-17/h4-15,26-27H,3H2,1-2H3. The van der Waals surface area contributed by atoms with Crippen LogP contribution in [0.5, 0.6) is 17.2 Å². The average Bonchev–Trinajstić information content (AvgIpc) is 3.13. The number of carbonyl (C=O) groups excluding carboxylic acids is 1. The molecule has 6 heteroatoms. The summed E-state index contributed by atoms with van der Waals surface area (Å²) in [4.78, 5) is 14.3. The Bertz CT molecular complexity index is 1210. The van der Waals surface area contributed by atoms with E-state index in [0.29, 0.717) is 23.5 Å². The molecule has 0 bridgehead atoms. The zero-order chi connectivity index (χ0) is 22.0. The normalized spacial score (nSPS) is 12.1. The van der Waals surface area contributed by atoms with Crippen molar-refractivity contribution in [1.29, 1.82) is 0 Å². The largest absolute Gasteiger partial charge is 0.508 e. The van der Waals surface area contributed by atoms with Gasteiger partial charge in [0.1, 0.15) is 17.2 Å². The van der Waals surface area contributed by atoms with Crippen LogP contribution in [0.4, 0.5) is 0 Å². The van der Waals surface area contributed by atoms with Crippen molar-refractivity contribution in [3.63, 3.8) is 0 Å². The fraction of sp³-hybridized carbons (Fsp3) is 0.160. The topological polar surface area (TPSA) is 76.0 Å². The molecule has 4 rings (SSSR count). The van der Waals surface area contributed by atoms with Crippen molar-refractivity contribution in [2.75, 3.05) is 6.61 Å². The van der Waals surface area contributed by atoms with E-state index in [1.54, 1.807) is 66.7 Å². The SMILES string of the molecule is CCOC(C)Oc1ccc(C(=O)c2c(-c3ccc(O)cc3)sc3cc(O)ccc23)cc1. The lowest BCUT2D eigenvalue weighted by Crippen LogP contribution is -2.15. The van der Waals surface area contributed by atoms with Crippen LogP contribution in [0.3, 0.4) is 0 Å². The van der Waals surface area contributed by atoms with Crippen LogP contribution >= 0.6 is 11.3 Å². The number of hydrogen-bond acceptors (Lipinski definition) is 6. The quantitative estimate of drug-likeness (QED) is 0.277. The molecule has 5 nitrogen and oxygen atoms in total. The van der Waals surface area contributed by atoms with Gasteiger partial charge in [-0.15, -0.1) is 11.3 Å². The number of benzene rings is 3. The lowest BCUT2D eigenvalue weighted by atomic mass is 9.97. The molecule has 3 aromatic carbocycles. The minimum Gasteiger partial charge on any atom is -0.508 e. The van der Waals surface area contributed by atoms with Gasteiger partial charge in [0.25, 0.3) is 0 Å². The molecule has 31 heavy (non-hydrogen) atoms. The van der Waals surface area contributed by atoms with Gasteiger partial charge in [0, 0.05) is 32.7 Å². The molecule has 0 amide bonds. The van der Waals surface area contributed by atoms with Gasteiger partial charge in [0.15, 0.2) is 12.1 Å². The highest BCUT2D eigenvalue weighted by Gasteiger charge is 2.22. The molecule has 1 atom stereocenters. The first-order chi connectivity index (χ1) is 15.0. The smallest absolute Gasteiger partial charge is 0.196 e. The lowest BCUT2D eigenvalue weighted by molar-refractivity contribution is -0.0613. The third-order valence-corrected chi connectivity index (χ3v) is 6.05. The van der Waals surface area contributed by atoms with E-state index in [1.807, 2.05) is 13.8 Å². The molecule has 0 aliphatic heterocycles. The zero-order valence-electron chi connectivity index (χ0n) is 17.2. The molecule has 158 valence electrons. The van der Waals surface area contributed by atoms with Crippen molar-refractivity contribution in [3.05, 3.63) is 77.9 Å². The average molecular weight is 435 g/mol. The first kappa shape index (κ1) is 20.9. The predicted molar refractivity (Wildman–Crippen MR) is 122 cm³/mol. The molecule has 0 radical (unpaired) electrons. The van der Waals surface area contributed by atoms with Gasteiger partial charge in [-0.3, -0.25) is 4.79 Å². The Kier molecular flexibility index (Phi) is 5.93. The summed E-state index contributed by atoms with van der Waals surface area (Å²) < 4.78 is 11.9. The predicted octanol–water partition coefficient (Wildman–Crippen LogP) is 5.97. The van der Waals surface area contributed by atoms with Gasteiger partial charge in [-0.1, -0.05) is 0 Å². The van der Waals surface area contributed by atoms with E-state index in [2.05, 4.69) is 0 Å². The molecule has 2 N–H and O–H groups in total. The van der Waals surface area contributed by atoms with Crippen LogP contribution in [0.2, 0.25) is 0 Å². The number of ketones is 1. The molecule has 0 fully saturated rings. The van der Waals surface area contributed by atoms with Crippen LogP contribution < -0.4 is 4.74 Å². The monoisotopic (exact) mass is 434 g/mol. The van der Waals surface area contributed by atoms with Crippen LogP contribution in [0, 0.1) is 0 Å². The van der Waals surface area contributed by atoms with Crippen molar-refractivity contribution in [3.8, 4) is 27.7 Å². The maximum Gasteiger partial charge on any atom is 0.196 e. The maximum absolute atomic E-state index is 13.5. The van der Waals surface area contributed by atoms with Gasteiger partial charge in [0.2, 0.25) is 0 Å². The van der Waals surface area contributed by atoms with Gasteiger partial charge in [-0.2, -0.15) is 0 Å². The summed E-state index contributed by atoms with van der Waals surface area (Å²) >= 11 is 1.43. The fourth-order valence-electron chi connectivity index (χ4n) is 3.42. The number of carbonyl (C=O) groups is 1. The molecule has 1 aromatic heterocycles. The summed E-state index contributed by atoms with van der Waals surface area (Å²) in [5.74, 6) is 0.808. The van der Waals surface area contributed by atoms with Crippen LogP contribution in [0.15, 0.2) is 66.7 Å². The molecule has 0 spiro atoms. The number of fused-ring (bicyclic) bond motifs is 1. The summed E-state index contributed by atoms with van der Waals surface area (Å²) in [6.07, 6.45) is -0.374. The Morgan fingerprint density at radius 3 is 2.32 bits per heavy atom. The number of phenolic OH excluding ortho intramolecular Hbond substituents is 2. The Morgan fingerprint density at radius 2 is 1.65 bits per heavy atom. The minimum absolute atomic E-state index is 0.121. The van der Waals surface area contributed by atoms with Gasteiger partial charge < -0.3 is 19.7 Å². The molecule has 0 aliphatic carbocycles. The first-order valence-electron chi connectivity index (χ1n) is 9.94. The molecule has 0 saturated carbocycles. The van der Waals surface area contributed by atoms with E-state index in [-0.39, 0.29) is 23.6 Å². The van der Waals surface area contributed by atoms with E-state index >= 15 is 0 Å². The highest BCUT2D eigenvalue weighted by molar-refractivity contribution is 7.22. The molecule has 4 aromatic rings. The maximum atomic E-state index is 13.5. The summed E-state index contributed by atoms with van der Waals surface area (Å²) in [6, 6.07) is 18.7. The Hall–Kier alpha value is -3.35. The summed E-state index contributed by atoms with van der Waals surface area (Å²) in [5.41, 5.74) is 1.93. The van der Waals surface area contributed by atoms with Crippen molar-refractivity contribution in [2.24, 2.45) is 0 Å². The minimum atomic E-state index is -0.374. The lowest BCUT2D eigenvalue weighted by Gasteiger charge is -2.14. The van der Waals surface area contributed by atoms with Crippen molar-refractivity contribution in [1.82, 2.24) is 0 Å². The summed E-state index contributed by atoms with van der Waals surface area (Å²) in [6.45, 7) is 4.27. The number of hydrogen-bond donors (Lipinski definition) is 2. The molecular formula is C25H22O5S. The van der Waals surface area contributed by atoms with E-state index in [1.165, 1.54) is 11.3 Å². The summed E-state index contributed by atoms with van der Waals surface area (Å²) in [7, 11) is 0. The van der Waals surface area contributed by atoms with Crippen LogP contribution in [-0.4, -0.2) is 28.9 Å². The second kappa shape index (κ2) is 8.79. The number of phenols is 2. The van der Waals surface area contributed by atoms with E-state index in [0.717, 1.165) is 20.5 Å². The third-order valence-electron chi connectivity index (χ3n) is 4.85. The Morgan fingerprint density at radius 1 is 0.968 bits per heavy atom. The molecule has 1 heterocycles. The Labute approximate surface area is 184 Å².